The Balaban J connectivity index is 1.34. The van der Waals surface area contributed by atoms with Crippen molar-refractivity contribution >= 4 is 5.91 Å². The number of phenols is 1. The summed E-state index contributed by atoms with van der Waals surface area (Å²) in [5.41, 5.74) is 4.12. The van der Waals surface area contributed by atoms with Crippen molar-refractivity contribution in [3.05, 3.63) is 65.2 Å². The van der Waals surface area contributed by atoms with Gasteiger partial charge < -0.3 is 15.3 Å². The minimum absolute atomic E-state index is 0.0476. The summed E-state index contributed by atoms with van der Waals surface area (Å²) < 4.78 is 0. The van der Waals surface area contributed by atoms with Crippen LogP contribution < -0.4 is 5.32 Å². The normalized spacial score (nSPS) is 40.3. The van der Waals surface area contributed by atoms with Gasteiger partial charge in [-0.2, -0.15) is 0 Å². The lowest BCUT2D eigenvalue weighted by Gasteiger charge is -2.82. The molecule has 4 fully saturated rings. The summed E-state index contributed by atoms with van der Waals surface area (Å²) in [7, 11) is 2.04. The fourth-order valence-corrected chi connectivity index (χ4v) is 10.6. The Morgan fingerprint density at radius 2 is 2.00 bits per heavy atom. The number of hydrogen-bond donors (Lipinski definition) is 2. The first kappa shape index (κ1) is 21.9. The quantitative estimate of drug-likeness (QED) is 0.699. The van der Waals surface area contributed by atoms with Gasteiger partial charge in [-0.3, -0.25) is 9.69 Å². The van der Waals surface area contributed by atoms with Crippen LogP contribution in [0.25, 0.3) is 0 Å². The van der Waals surface area contributed by atoms with Gasteiger partial charge in [0, 0.05) is 54.7 Å². The van der Waals surface area contributed by atoms with Gasteiger partial charge in [0.1, 0.15) is 5.75 Å². The van der Waals surface area contributed by atoms with Gasteiger partial charge in [0.15, 0.2) is 0 Å². The molecule has 2 heterocycles. The van der Waals surface area contributed by atoms with Gasteiger partial charge in [-0.05, 0) is 79.0 Å². The molecule has 2 aromatic carbocycles. The maximum Gasteiger partial charge on any atom is 0.254 e. The number of fused-ring (bicyclic) bond motifs is 3. The zero-order chi connectivity index (χ0) is 24.2. The second-order valence-corrected chi connectivity index (χ2v) is 12.2. The smallest absolute Gasteiger partial charge is 0.254 e. The molecular formula is C30H37N3O2. The minimum Gasteiger partial charge on any atom is -0.508 e. The number of aromatic hydroxyl groups is 1. The van der Waals surface area contributed by atoms with Crippen molar-refractivity contribution in [2.75, 3.05) is 33.2 Å². The van der Waals surface area contributed by atoms with Gasteiger partial charge in [-0.15, -0.1) is 0 Å². The summed E-state index contributed by atoms with van der Waals surface area (Å²) in [6.45, 7) is 8.94. The van der Waals surface area contributed by atoms with Crippen LogP contribution in [0, 0.1) is 22.7 Å². The molecule has 3 aliphatic carbocycles. The highest BCUT2D eigenvalue weighted by molar-refractivity contribution is 5.94. The van der Waals surface area contributed by atoms with Gasteiger partial charge >= 0.3 is 0 Å². The van der Waals surface area contributed by atoms with Crippen molar-refractivity contribution in [2.24, 2.45) is 22.7 Å². The van der Waals surface area contributed by atoms with E-state index in [9.17, 15) is 9.90 Å². The maximum atomic E-state index is 13.7. The molecule has 0 bridgehead atoms. The lowest BCUT2D eigenvalue weighted by Crippen LogP contribution is -2.89. The van der Waals surface area contributed by atoms with Gasteiger partial charge in [0.25, 0.3) is 5.91 Å². The predicted molar refractivity (Wildman–Crippen MR) is 136 cm³/mol. The molecule has 2 aliphatic heterocycles. The third-order valence-corrected chi connectivity index (χ3v) is 11.0. The highest BCUT2D eigenvalue weighted by atomic mass is 16.3. The lowest BCUT2D eigenvalue weighted by molar-refractivity contribution is -0.302. The fourth-order valence-electron chi connectivity index (χ4n) is 10.6. The molecule has 2 aromatic rings. The van der Waals surface area contributed by atoms with E-state index in [4.69, 9.17) is 0 Å². The van der Waals surface area contributed by atoms with Crippen LogP contribution in [0.3, 0.4) is 0 Å². The number of likely N-dealkylation sites (N-methyl/N-ethyl adjacent to an activating group) is 1. The van der Waals surface area contributed by atoms with Crippen LogP contribution in [0.4, 0.5) is 0 Å². The number of carbonyl (C=O) groups is 1. The number of hydrogen-bond acceptors (Lipinski definition) is 4. The number of phenolic OH excluding ortho intramolecular Hbond substituents is 1. The molecule has 0 radical (unpaired) electrons. The summed E-state index contributed by atoms with van der Waals surface area (Å²) in [6, 6.07) is 16.8. The van der Waals surface area contributed by atoms with Crippen molar-refractivity contribution in [3.8, 4) is 5.75 Å². The second-order valence-electron chi connectivity index (χ2n) is 12.2. The number of carbonyl (C=O) groups excluding carboxylic acids is 1. The van der Waals surface area contributed by atoms with E-state index in [0.717, 1.165) is 44.6 Å². The molecule has 5 aliphatic rings. The summed E-state index contributed by atoms with van der Waals surface area (Å²) >= 11 is 0. The Morgan fingerprint density at radius 3 is 2.74 bits per heavy atom. The third-order valence-electron chi connectivity index (χ3n) is 11.0. The molecule has 6 unspecified atom stereocenters. The Morgan fingerprint density at radius 1 is 1.20 bits per heavy atom. The highest BCUT2D eigenvalue weighted by Crippen LogP contribution is 2.87. The topological polar surface area (TPSA) is 55.8 Å². The Bertz CT molecular complexity index is 1190. The summed E-state index contributed by atoms with van der Waals surface area (Å²) in [6.07, 6.45) is 3.27. The third kappa shape index (κ3) is 2.31. The van der Waals surface area contributed by atoms with Crippen LogP contribution in [0.1, 0.15) is 48.2 Å². The molecule has 184 valence electrons. The number of nitrogens with zero attached hydrogens (tertiary/aromatic N) is 2. The summed E-state index contributed by atoms with van der Waals surface area (Å²) in [5.74, 6) is 1.54. The van der Waals surface area contributed by atoms with Crippen LogP contribution in [0.5, 0.6) is 5.75 Å². The van der Waals surface area contributed by atoms with E-state index in [0.29, 0.717) is 23.6 Å². The van der Waals surface area contributed by atoms with E-state index in [-0.39, 0.29) is 28.2 Å². The van der Waals surface area contributed by atoms with Crippen LogP contribution >= 0.6 is 0 Å². The molecule has 2 N–H and O–H groups in total. The highest BCUT2D eigenvalue weighted by Gasteiger charge is 2.91. The van der Waals surface area contributed by atoms with E-state index in [1.165, 1.54) is 17.5 Å². The Hall–Kier alpha value is -2.37. The van der Waals surface area contributed by atoms with Gasteiger partial charge in [0.2, 0.25) is 0 Å². The molecule has 1 amide bonds. The number of benzene rings is 2. The second kappa shape index (κ2) is 7.10. The molecule has 2 saturated carbocycles. The van der Waals surface area contributed by atoms with E-state index >= 15 is 0 Å². The van der Waals surface area contributed by atoms with Crippen LogP contribution in [0.15, 0.2) is 48.5 Å². The first-order valence-corrected chi connectivity index (χ1v) is 13.5. The van der Waals surface area contributed by atoms with E-state index in [1.54, 1.807) is 0 Å². The maximum absolute atomic E-state index is 13.7. The Kier molecular flexibility index (Phi) is 4.44. The van der Waals surface area contributed by atoms with E-state index < -0.39 is 0 Å². The number of rotatable bonds is 5. The lowest BCUT2D eigenvalue weighted by atomic mass is 9.29. The Labute approximate surface area is 208 Å². The van der Waals surface area contributed by atoms with Crippen molar-refractivity contribution in [2.45, 2.75) is 50.6 Å². The number of amides is 1. The molecule has 2 saturated heterocycles. The van der Waals surface area contributed by atoms with Crippen molar-refractivity contribution < 1.29 is 9.90 Å². The van der Waals surface area contributed by atoms with Crippen LogP contribution in [-0.2, 0) is 11.8 Å². The number of nitrogens with one attached hydrogen (secondary N) is 1. The zero-order valence-electron chi connectivity index (χ0n) is 21.1. The first-order chi connectivity index (χ1) is 16.9. The first-order valence-electron chi connectivity index (χ1n) is 13.5. The summed E-state index contributed by atoms with van der Waals surface area (Å²) in [4.78, 5) is 18.7. The molecule has 7 atom stereocenters. The number of likely N-dealkylation sites (tertiary alicyclic amines) is 2. The molecule has 2 spiro atoms. The minimum atomic E-state index is 0.0476. The molecule has 5 nitrogen and oxygen atoms in total. The van der Waals surface area contributed by atoms with Gasteiger partial charge in [0.05, 0.1) is 0 Å². The molecule has 7 rings (SSSR count). The standard InChI is InChI=1S/C30H37N3O2/c1-4-24-25-21(17-33(24)26(35)19-8-6-5-7-9-19)15-28(2)27-29(18-32(27)13-12-31-3)16-20-10-11-22(34)14-23(20)30(25,28)29/h5-11,14,21,24-25,27,31,34H,4,12-13,15-18H2,1-3H3/t21-,24?,25?,27?,28?,29?,30?/m1/s1. The average Bonchev–Trinajstić information content (AvgIpc) is 3.41. The van der Waals surface area contributed by atoms with Crippen LogP contribution in [-0.4, -0.2) is 66.1 Å². The number of piperidine rings is 1. The monoisotopic (exact) mass is 471 g/mol. The van der Waals surface area contributed by atoms with E-state index in [1.807, 2.05) is 43.4 Å². The van der Waals surface area contributed by atoms with E-state index in [2.05, 4.69) is 41.1 Å². The average molecular weight is 472 g/mol. The fraction of sp³-hybridized carbons (Fsp3) is 0.567. The largest absolute Gasteiger partial charge is 0.508 e. The summed E-state index contributed by atoms with van der Waals surface area (Å²) in [5, 5.41) is 14.0. The van der Waals surface area contributed by atoms with Gasteiger partial charge in [-0.25, -0.2) is 0 Å². The van der Waals surface area contributed by atoms with Crippen molar-refractivity contribution in [1.29, 1.82) is 0 Å². The van der Waals surface area contributed by atoms with Crippen molar-refractivity contribution in [3.63, 3.8) is 0 Å². The van der Waals surface area contributed by atoms with Crippen LogP contribution in [0.2, 0.25) is 0 Å². The zero-order valence-corrected chi connectivity index (χ0v) is 21.1. The molecule has 35 heavy (non-hydrogen) atoms. The SMILES string of the molecule is CCC1C2[C@@H](CN1C(=O)c1ccccc1)CC1(C)C3N(CCNC)CC34Cc3ccc(O)cc3C214. The van der Waals surface area contributed by atoms with Gasteiger partial charge in [-0.1, -0.05) is 38.1 Å². The molecule has 5 heteroatoms. The van der Waals surface area contributed by atoms with Crippen molar-refractivity contribution in [1.82, 2.24) is 15.1 Å². The molecule has 0 aromatic heterocycles. The molecular weight excluding hydrogens is 434 g/mol. The predicted octanol–water partition coefficient (Wildman–Crippen LogP) is 3.67.